The molecule has 2 aromatic rings. The fourth-order valence-corrected chi connectivity index (χ4v) is 4.46. The van der Waals surface area contributed by atoms with Crippen LogP contribution >= 0.6 is 0 Å². The largest absolute Gasteiger partial charge is 0.497 e. The number of sulfonamides is 1. The van der Waals surface area contributed by atoms with Crippen LogP contribution < -0.4 is 9.04 Å². The summed E-state index contributed by atoms with van der Waals surface area (Å²) < 4.78 is 32.6. The van der Waals surface area contributed by atoms with Gasteiger partial charge >= 0.3 is 0 Å². The summed E-state index contributed by atoms with van der Waals surface area (Å²) in [6.45, 7) is 1.89. The summed E-state index contributed by atoms with van der Waals surface area (Å²) in [6.07, 6.45) is 0.171. The van der Waals surface area contributed by atoms with Gasteiger partial charge in [-0.1, -0.05) is 18.2 Å². The van der Waals surface area contributed by atoms with E-state index in [1.807, 2.05) is 0 Å². The first-order valence-electron chi connectivity index (χ1n) is 7.25. The number of nitrogens with zero attached hydrogens (tertiary/aromatic N) is 1. The number of carbonyl (C=O) groups excluding carboxylic acids is 1. The molecule has 0 atom stereocenters. The molecule has 1 aliphatic rings. The van der Waals surface area contributed by atoms with E-state index >= 15 is 0 Å². The van der Waals surface area contributed by atoms with Crippen molar-refractivity contribution < 1.29 is 17.9 Å². The third-order valence-electron chi connectivity index (χ3n) is 3.98. The molecule has 0 radical (unpaired) electrons. The topological polar surface area (TPSA) is 63.7 Å². The van der Waals surface area contributed by atoms with Gasteiger partial charge < -0.3 is 4.74 Å². The fourth-order valence-electron chi connectivity index (χ4n) is 2.75. The van der Waals surface area contributed by atoms with Gasteiger partial charge in [-0.25, -0.2) is 8.42 Å². The van der Waals surface area contributed by atoms with Crippen molar-refractivity contribution in [2.24, 2.45) is 0 Å². The number of hydrogen-bond donors (Lipinski definition) is 0. The minimum atomic E-state index is -3.73. The van der Waals surface area contributed by atoms with Crippen molar-refractivity contribution in [3.05, 3.63) is 53.6 Å². The number of hydrogen-bond acceptors (Lipinski definition) is 4. The quantitative estimate of drug-likeness (QED) is 0.867. The number of ether oxygens (including phenoxy) is 1. The lowest BCUT2D eigenvalue weighted by molar-refractivity contribution is 0.0982. The number of rotatable bonds is 3. The molecule has 0 spiro atoms. The number of ketones is 1. The third-order valence-corrected chi connectivity index (χ3v) is 5.95. The highest BCUT2D eigenvalue weighted by Crippen LogP contribution is 2.35. The maximum atomic E-state index is 13.1. The molecule has 0 unspecified atom stereocenters. The fraction of sp³-hybridized carbons (Fsp3) is 0.235. The first-order valence-corrected chi connectivity index (χ1v) is 8.69. The van der Waals surface area contributed by atoms with Crippen LogP contribution in [-0.4, -0.2) is 27.9 Å². The Hall–Kier alpha value is -2.34. The summed E-state index contributed by atoms with van der Waals surface area (Å²) in [5, 5.41) is 0. The maximum Gasteiger partial charge on any atom is 0.264 e. The molecule has 0 aliphatic carbocycles. The number of carbonyl (C=O) groups is 1. The highest BCUT2D eigenvalue weighted by Gasteiger charge is 2.33. The normalized spacial score (nSPS) is 14.5. The summed E-state index contributed by atoms with van der Waals surface area (Å²) in [6, 6.07) is 11.7. The molecule has 0 N–H and O–H groups in total. The van der Waals surface area contributed by atoms with Gasteiger partial charge in [0.2, 0.25) is 0 Å². The van der Waals surface area contributed by atoms with Crippen molar-refractivity contribution in [1.29, 1.82) is 0 Å². The lowest BCUT2D eigenvalue weighted by atomic mass is 10.0. The predicted octanol–water partition coefficient (Wildman–Crippen LogP) is 2.79. The zero-order valence-electron chi connectivity index (χ0n) is 12.9. The Labute approximate surface area is 135 Å². The average Bonchev–Trinajstić information content (AvgIpc) is 2.54. The average molecular weight is 331 g/mol. The number of aryl methyl sites for hydroxylation is 1. The number of methoxy groups -OCH3 is 1. The van der Waals surface area contributed by atoms with Crippen molar-refractivity contribution in [2.45, 2.75) is 18.2 Å². The van der Waals surface area contributed by atoms with Crippen molar-refractivity contribution in [3.8, 4) is 5.75 Å². The summed E-state index contributed by atoms with van der Waals surface area (Å²) >= 11 is 0. The Bertz CT molecular complexity index is 874. The summed E-state index contributed by atoms with van der Waals surface area (Å²) in [5.74, 6) is 0.460. The van der Waals surface area contributed by atoms with Crippen LogP contribution in [0.5, 0.6) is 5.75 Å². The van der Waals surface area contributed by atoms with Gasteiger partial charge in [-0.15, -0.1) is 0 Å². The Morgan fingerprint density at radius 2 is 1.87 bits per heavy atom. The molecule has 120 valence electrons. The molecule has 23 heavy (non-hydrogen) atoms. The summed E-state index contributed by atoms with van der Waals surface area (Å²) in [7, 11) is -2.22. The minimum absolute atomic E-state index is 0.0566. The summed E-state index contributed by atoms with van der Waals surface area (Å²) in [5.41, 5.74) is 1.46. The lowest BCUT2D eigenvalue weighted by Gasteiger charge is -2.30. The molecule has 6 heteroatoms. The van der Waals surface area contributed by atoms with Crippen LogP contribution in [-0.2, 0) is 10.0 Å². The Morgan fingerprint density at radius 3 is 2.57 bits per heavy atom. The van der Waals surface area contributed by atoms with Crippen LogP contribution in [0.1, 0.15) is 22.3 Å². The molecular weight excluding hydrogens is 314 g/mol. The highest BCUT2D eigenvalue weighted by molar-refractivity contribution is 7.92. The molecular formula is C17H17NO4S. The Balaban J connectivity index is 2.17. The second-order valence-electron chi connectivity index (χ2n) is 5.40. The summed E-state index contributed by atoms with van der Waals surface area (Å²) in [4.78, 5) is 12.4. The number of Topliss-reactive ketones (excluding diaryl/α,β-unsaturated/α-hetero) is 1. The van der Waals surface area contributed by atoms with Crippen LogP contribution in [0.3, 0.4) is 0 Å². The number of benzene rings is 2. The third kappa shape index (κ3) is 2.59. The first kappa shape index (κ1) is 15.6. The van der Waals surface area contributed by atoms with Gasteiger partial charge in [0.05, 0.1) is 17.7 Å². The van der Waals surface area contributed by atoms with Crippen LogP contribution in [0.25, 0.3) is 0 Å². The molecule has 0 amide bonds. The lowest BCUT2D eigenvalue weighted by Crippen LogP contribution is -2.37. The second-order valence-corrected chi connectivity index (χ2v) is 7.23. The zero-order valence-corrected chi connectivity index (χ0v) is 13.8. The maximum absolute atomic E-state index is 13.1. The van der Waals surface area contributed by atoms with E-state index in [1.165, 1.54) is 11.4 Å². The molecule has 0 saturated heterocycles. The number of fused-ring (bicyclic) bond motifs is 1. The van der Waals surface area contributed by atoms with Crippen molar-refractivity contribution >= 4 is 21.5 Å². The number of anilines is 1. The SMILES string of the molecule is COc1ccc2c(c1)N(S(=O)(=O)c1ccccc1C)CCC2=O. The second kappa shape index (κ2) is 5.70. The van der Waals surface area contributed by atoms with E-state index in [0.29, 0.717) is 22.6 Å². The van der Waals surface area contributed by atoms with Gasteiger partial charge in [-0.05, 0) is 30.7 Å². The molecule has 0 saturated carbocycles. The van der Waals surface area contributed by atoms with E-state index in [9.17, 15) is 13.2 Å². The Kier molecular flexibility index (Phi) is 3.85. The Morgan fingerprint density at radius 1 is 1.13 bits per heavy atom. The van der Waals surface area contributed by atoms with Gasteiger partial charge in [-0.3, -0.25) is 9.10 Å². The molecule has 2 aromatic carbocycles. The van der Waals surface area contributed by atoms with Crippen molar-refractivity contribution in [2.75, 3.05) is 18.0 Å². The van der Waals surface area contributed by atoms with Gasteiger partial charge in [0.25, 0.3) is 10.0 Å². The van der Waals surface area contributed by atoms with Crippen molar-refractivity contribution in [3.63, 3.8) is 0 Å². The van der Waals surface area contributed by atoms with E-state index in [-0.39, 0.29) is 23.6 Å². The monoisotopic (exact) mass is 331 g/mol. The van der Waals surface area contributed by atoms with E-state index in [2.05, 4.69) is 0 Å². The molecule has 0 fully saturated rings. The van der Waals surface area contributed by atoms with Crippen LogP contribution in [0.15, 0.2) is 47.4 Å². The van der Waals surface area contributed by atoms with E-state index in [0.717, 1.165) is 0 Å². The minimum Gasteiger partial charge on any atom is -0.497 e. The van der Waals surface area contributed by atoms with Gasteiger partial charge in [0, 0.05) is 24.6 Å². The van der Waals surface area contributed by atoms with Crippen LogP contribution in [0, 0.1) is 6.92 Å². The molecule has 0 bridgehead atoms. The van der Waals surface area contributed by atoms with Gasteiger partial charge in [0.15, 0.2) is 5.78 Å². The smallest absolute Gasteiger partial charge is 0.264 e. The standard InChI is InChI=1S/C17H17NO4S/c1-12-5-3-4-6-17(12)23(20,21)18-10-9-16(19)14-8-7-13(22-2)11-15(14)18/h3-8,11H,9-10H2,1-2H3. The molecule has 5 nitrogen and oxygen atoms in total. The highest BCUT2D eigenvalue weighted by atomic mass is 32.2. The van der Waals surface area contributed by atoms with Crippen LogP contribution in [0.2, 0.25) is 0 Å². The van der Waals surface area contributed by atoms with E-state index in [1.54, 1.807) is 49.4 Å². The molecule has 0 aromatic heterocycles. The molecule has 3 rings (SSSR count). The van der Waals surface area contributed by atoms with Crippen LogP contribution in [0.4, 0.5) is 5.69 Å². The van der Waals surface area contributed by atoms with Gasteiger partial charge in [0.1, 0.15) is 5.75 Å². The van der Waals surface area contributed by atoms with E-state index in [4.69, 9.17) is 4.74 Å². The zero-order chi connectivity index (χ0) is 16.6. The molecule has 1 aliphatic heterocycles. The first-order chi connectivity index (χ1) is 10.9. The molecule has 1 heterocycles. The predicted molar refractivity (Wildman–Crippen MR) is 87.7 cm³/mol. The van der Waals surface area contributed by atoms with E-state index < -0.39 is 10.0 Å². The van der Waals surface area contributed by atoms with Crippen molar-refractivity contribution in [1.82, 2.24) is 0 Å². The van der Waals surface area contributed by atoms with Gasteiger partial charge in [-0.2, -0.15) is 0 Å².